The first kappa shape index (κ1) is 14.3. The van der Waals surface area contributed by atoms with Crippen LogP contribution < -0.4 is 4.74 Å². The molecule has 98 valence electrons. The molecule has 0 unspecified atom stereocenters. The fourth-order valence-corrected chi connectivity index (χ4v) is 1.70. The topological polar surface area (TPSA) is 46.5 Å². The molecule has 0 aliphatic rings. The van der Waals surface area contributed by atoms with Crippen molar-refractivity contribution in [2.75, 3.05) is 6.61 Å². The van der Waals surface area contributed by atoms with Crippen LogP contribution in [0.15, 0.2) is 35.9 Å². The zero-order valence-electron chi connectivity index (χ0n) is 11.1. The number of carbonyl (C=O) groups is 1. The number of ether oxygens (including phenoxy) is 1. The molecule has 3 nitrogen and oxygen atoms in total. The van der Waals surface area contributed by atoms with Crippen molar-refractivity contribution in [2.45, 2.75) is 33.1 Å². The number of rotatable bonds is 6. The van der Waals surface area contributed by atoms with Crippen molar-refractivity contribution >= 4 is 5.97 Å². The van der Waals surface area contributed by atoms with E-state index in [1.165, 1.54) is 0 Å². The van der Waals surface area contributed by atoms with Gasteiger partial charge in [-0.1, -0.05) is 39.0 Å². The Bertz CT molecular complexity index is 433. The van der Waals surface area contributed by atoms with Crippen molar-refractivity contribution in [2.24, 2.45) is 0 Å². The third-order valence-electron chi connectivity index (χ3n) is 2.77. The maximum atomic E-state index is 10.8. The molecule has 0 saturated heterocycles. The SMILES string of the molecule is CCC(=CCOc1ccccc1C(C)C)C(=O)O. The van der Waals surface area contributed by atoms with Crippen LogP contribution in [-0.4, -0.2) is 17.7 Å². The fraction of sp³-hybridized carbons (Fsp3) is 0.400. The van der Waals surface area contributed by atoms with E-state index >= 15 is 0 Å². The first-order valence-corrected chi connectivity index (χ1v) is 6.20. The predicted molar refractivity (Wildman–Crippen MR) is 72.0 cm³/mol. The molecule has 0 bridgehead atoms. The highest BCUT2D eigenvalue weighted by molar-refractivity contribution is 5.86. The van der Waals surface area contributed by atoms with Crippen LogP contribution in [0.2, 0.25) is 0 Å². The van der Waals surface area contributed by atoms with Gasteiger partial charge in [0.25, 0.3) is 0 Å². The second-order valence-electron chi connectivity index (χ2n) is 4.39. The summed E-state index contributed by atoms with van der Waals surface area (Å²) in [4.78, 5) is 10.8. The highest BCUT2D eigenvalue weighted by atomic mass is 16.5. The van der Waals surface area contributed by atoms with Gasteiger partial charge in [-0.05, 0) is 30.0 Å². The zero-order valence-corrected chi connectivity index (χ0v) is 11.1. The molecule has 18 heavy (non-hydrogen) atoms. The molecule has 0 atom stereocenters. The molecule has 0 amide bonds. The van der Waals surface area contributed by atoms with Gasteiger partial charge in [0.2, 0.25) is 0 Å². The van der Waals surface area contributed by atoms with Gasteiger partial charge in [0.1, 0.15) is 12.4 Å². The van der Waals surface area contributed by atoms with Crippen LogP contribution in [0.1, 0.15) is 38.7 Å². The summed E-state index contributed by atoms with van der Waals surface area (Å²) in [5, 5.41) is 8.89. The van der Waals surface area contributed by atoms with Crippen molar-refractivity contribution < 1.29 is 14.6 Å². The summed E-state index contributed by atoms with van der Waals surface area (Å²) in [7, 11) is 0. The van der Waals surface area contributed by atoms with E-state index in [0.29, 0.717) is 24.5 Å². The third kappa shape index (κ3) is 3.91. The van der Waals surface area contributed by atoms with E-state index in [0.717, 1.165) is 11.3 Å². The number of benzene rings is 1. The van der Waals surface area contributed by atoms with Gasteiger partial charge in [0.05, 0.1) is 0 Å². The Morgan fingerprint density at radius 1 is 1.39 bits per heavy atom. The van der Waals surface area contributed by atoms with Crippen molar-refractivity contribution in [3.8, 4) is 5.75 Å². The van der Waals surface area contributed by atoms with Crippen LogP contribution in [0.3, 0.4) is 0 Å². The Morgan fingerprint density at radius 3 is 2.61 bits per heavy atom. The van der Waals surface area contributed by atoms with Gasteiger partial charge in [0.15, 0.2) is 0 Å². The predicted octanol–water partition coefficient (Wildman–Crippen LogP) is 3.61. The highest BCUT2D eigenvalue weighted by Gasteiger charge is 2.07. The molecular weight excluding hydrogens is 228 g/mol. The van der Waals surface area contributed by atoms with E-state index in [4.69, 9.17) is 9.84 Å². The average Bonchev–Trinajstić information content (AvgIpc) is 2.34. The van der Waals surface area contributed by atoms with Crippen LogP contribution in [0, 0.1) is 0 Å². The Morgan fingerprint density at radius 2 is 2.06 bits per heavy atom. The average molecular weight is 248 g/mol. The highest BCUT2D eigenvalue weighted by Crippen LogP contribution is 2.25. The molecule has 0 aliphatic heterocycles. The fourth-order valence-electron chi connectivity index (χ4n) is 1.70. The summed E-state index contributed by atoms with van der Waals surface area (Å²) >= 11 is 0. The number of aliphatic carboxylic acids is 1. The molecule has 0 spiro atoms. The van der Waals surface area contributed by atoms with Gasteiger partial charge in [-0.15, -0.1) is 0 Å². The lowest BCUT2D eigenvalue weighted by Gasteiger charge is -2.12. The first-order valence-electron chi connectivity index (χ1n) is 6.20. The minimum atomic E-state index is -0.877. The monoisotopic (exact) mass is 248 g/mol. The normalized spacial score (nSPS) is 11.7. The first-order chi connectivity index (χ1) is 8.56. The summed E-state index contributed by atoms with van der Waals surface area (Å²) in [6.45, 7) is 6.32. The minimum absolute atomic E-state index is 0.291. The van der Waals surface area contributed by atoms with Gasteiger partial charge in [-0.3, -0.25) is 0 Å². The van der Waals surface area contributed by atoms with E-state index in [1.807, 2.05) is 31.2 Å². The van der Waals surface area contributed by atoms with Gasteiger partial charge >= 0.3 is 5.97 Å². The van der Waals surface area contributed by atoms with Gasteiger partial charge in [0, 0.05) is 5.57 Å². The Kier molecular flexibility index (Phi) is 5.43. The van der Waals surface area contributed by atoms with Gasteiger partial charge < -0.3 is 9.84 Å². The number of para-hydroxylation sites is 1. The lowest BCUT2D eigenvalue weighted by Crippen LogP contribution is -2.04. The minimum Gasteiger partial charge on any atom is -0.489 e. The maximum Gasteiger partial charge on any atom is 0.331 e. The molecular formula is C15H20O3. The van der Waals surface area contributed by atoms with Gasteiger partial charge in [-0.2, -0.15) is 0 Å². The second kappa shape index (κ2) is 6.84. The van der Waals surface area contributed by atoms with Crippen LogP contribution in [-0.2, 0) is 4.79 Å². The second-order valence-corrected chi connectivity index (χ2v) is 4.39. The van der Waals surface area contributed by atoms with Gasteiger partial charge in [-0.25, -0.2) is 4.79 Å². The van der Waals surface area contributed by atoms with Crippen molar-refractivity contribution in [1.82, 2.24) is 0 Å². The molecule has 1 aromatic carbocycles. The van der Waals surface area contributed by atoms with Crippen LogP contribution in [0.4, 0.5) is 0 Å². The van der Waals surface area contributed by atoms with Crippen molar-refractivity contribution in [3.05, 3.63) is 41.5 Å². The Balaban J connectivity index is 2.72. The summed E-state index contributed by atoms with van der Waals surface area (Å²) in [5.41, 5.74) is 1.52. The molecule has 0 radical (unpaired) electrons. The van der Waals surface area contributed by atoms with Crippen molar-refractivity contribution in [3.63, 3.8) is 0 Å². The Hall–Kier alpha value is -1.77. The van der Waals surface area contributed by atoms with Crippen LogP contribution >= 0.6 is 0 Å². The molecule has 0 aromatic heterocycles. The quantitative estimate of drug-likeness (QED) is 0.782. The molecule has 1 N–H and O–H groups in total. The Labute approximate surface area is 108 Å². The lowest BCUT2D eigenvalue weighted by atomic mass is 10.0. The largest absolute Gasteiger partial charge is 0.489 e. The zero-order chi connectivity index (χ0) is 13.5. The van der Waals surface area contributed by atoms with Crippen molar-refractivity contribution in [1.29, 1.82) is 0 Å². The molecule has 0 saturated carbocycles. The number of carboxylic acid groups (broad SMARTS) is 1. The van der Waals surface area contributed by atoms with E-state index in [-0.39, 0.29) is 0 Å². The summed E-state index contributed by atoms with van der Waals surface area (Å²) < 4.78 is 5.64. The number of carboxylic acids is 1. The molecule has 0 fully saturated rings. The molecule has 0 aliphatic carbocycles. The standard InChI is InChI=1S/C15H20O3/c1-4-12(15(16)17)9-10-18-14-8-6-5-7-13(14)11(2)3/h5-9,11H,4,10H2,1-3H3,(H,16,17). The van der Waals surface area contributed by atoms with E-state index in [2.05, 4.69) is 13.8 Å². The van der Waals surface area contributed by atoms with Crippen LogP contribution in [0.25, 0.3) is 0 Å². The summed E-state index contributed by atoms with van der Waals surface area (Å²) in [6, 6.07) is 7.84. The number of hydrogen-bond acceptors (Lipinski definition) is 2. The molecule has 0 heterocycles. The third-order valence-corrected chi connectivity index (χ3v) is 2.77. The maximum absolute atomic E-state index is 10.8. The van der Waals surface area contributed by atoms with Crippen LogP contribution in [0.5, 0.6) is 5.75 Å². The molecule has 1 aromatic rings. The smallest absolute Gasteiger partial charge is 0.331 e. The summed E-state index contributed by atoms with van der Waals surface area (Å²) in [5.74, 6) is 0.332. The van der Waals surface area contributed by atoms with E-state index in [1.54, 1.807) is 6.08 Å². The molecule has 3 heteroatoms. The van der Waals surface area contributed by atoms with E-state index in [9.17, 15) is 4.79 Å². The molecule has 1 rings (SSSR count). The lowest BCUT2D eigenvalue weighted by molar-refractivity contribution is -0.132. The van der Waals surface area contributed by atoms with E-state index < -0.39 is 5.97 Å². The number of hydrogen-bond donors (Lipinski definition) is 1. The summed E-state index contributed by atoms with van der Waals surface area (Å²) in [6.07, 6.45) is 2.13.